The largest absolute Gasteiger partial charge is 0.371 e. The molecule has 0 radical (unpaired) electrons. The van der Waals surface area contributed by atoms with E-state index in [0.717, 1.165) is 6.42 Å². The van der Waals surface area contributed by atoms with Crippen LogP contribution in [-0.4, -0.2) is 42.2 Å². The predicted molar refractivity (Wildman–Crippen MR) is 79.4 cm³/mol. The Bertz CT molecular complexity index is 708. The predicted octanol–water partition coefficient (Wildman–Crippen LogP) is 1.79. The fourth-order valence-electron chi connectivity index (χ4n) is 2.01. The molecule has 6 nitrogen and oxygen atoms in total. The molecule has 7 heteroatoms. The summed E-state index contributed by atoms with van der Waals surface area (Å²) in [6, 6.07) is 5.33. The average Bonchev–Trinajstić information content (AvgIpc) is 2.84. The van der Waals surface area contributed by atoms with Crippen molar-refractivity contribution < 1.29 is 8.42 Å². The molecule has 1 unspecified atom stereocenters. The highest BCUT2D eigenvalue weighted by Crippen LogP contribution is 2.26. The Labute approximate surface area is 119 Å². The summed E-state index contributed by atoms with van der Waals surface area (Å²) in [4.78, 5) is 4.31. The highest BCUT2D eigenvalue weighted by Gasteiger charge is 2.31. The molecular weight excluding hydrogens is 276 g/mol. The average molecular weight is 296 g/mol. The van der Waals surface area contributed by atoms with Crippen LogP contribution >= 0.6 is 0 Å². The van der Waals surface area contributed by atoms with Crippen LogP contribution in [0, 0.1) is 0 Å². The number of sulfonamides is 1. The van der Waals surface area contributed by atoms with Crippen LogP contribution in [0.5, 0.6) is 0 Å². The van der Waals surface area contributed by atoms with Crippen LogP contribution in [0.15, 0.2) is 29.4 Å². The molecule has 0 aliphatic heterocycles. The molecule has 2 aromatic rings. The first-order valence-corrected chi connectivity index (χ1v) is 8.00. The molecule has 0 aliphatic carbocycles. The Morgan fingerprint density at radius 3 is 2.75 bits per heavy atom. The number of fused-ring (bicyclic) bond motifs is 1. The lowest BCUT2D eigenvalue weighted by atomic mass is 10.3. The van der Waals surface area contributed by atoms with Gasteiger partial charge >= 0.3 is 0 Å². The SMILES string of the molecule is CCC(C)N(C)S(=O)(=O)c1c(NC)nc2ccccn12. The van der Waals surface area contributed by atoms with Crippen LogP contribution in [-0.2, 0) is 10.0 Å². The molecule has 0 amide bonds. The van der Waals surface area contributed by atoms with E-state index in [-0.39, 0.29) is 11.1 Å². The smallest absolute Gasteiger partial charge is 0.262 e. The lowest BCUT2D eigenvalue weighted by molar-refractivity contribution is 0.379. The summed E-state index contributed by atoms with van der Waals surface area (Å²) in [5.74, 6) is 0.367. The number of nitrogens with one attached hydrogen (secondary N) is 1. The van der Waals surface area contributed by atoms with E-state index in [4.69, 9.17) is 0 Å². The first-order chi connectivity index (χ1) is 9.43. The fraction of sp³-hybridized carbons (Fsp3) is 0.462. The van der Waals surface area contributed by atoms with Crippen molar-refractivity contribution in [3.8, 4) is 0 Å². The maximum absolute atomic E-state index is 12.8. The molecule has 0 spiro atoms. The van der Waals surface area contributed by atoms with Gasteiger partial charge in [0.15, 0.2) is 10.8 Å². The van der Waals surface area contributed by atoms with Gasteiger partial charge in [0.2, 0.25) is 0 Å². The quantitative estimate of drug-likeness (QED) is 0.913. The fourth-order valence-corrected chi connectivity index (χ4v) is 3.70. The van der Waals surface area contributed by atoms with E-state index in [9.17, 15) is 8.42 Å². The van der Waals surface area contributed by atoms with Gasteiger partial charge in [0.05, 0.1) is 0 Å². The highest BCUT2D eigenvalue weighted by atomic mass is 32.2. The van der Waals surface area contributed by atoms with Crippen LogP contribution < -0.4 is 5.32 Å². The molecule has 2 aromatic heterocycles. The third-order valence-electron chi connectivity index (χ3n) is 3.56. The van der Waals surface area contributed by atoms with Crippen LogP contribution in [0.4, 0.5) is 5.82 Å². The third kappa shape index (κ3) is 2.27. The van der Waals surface area contributed by atoms with Gasteiger partial charge < -0.3 is 5.32 Å². The van der Waals surface area contributed by atoms with Gasteiger partial charge in [-0.1, -0.05) is 13.0 Å². The minimum atomic E-state index is -3.61. The summed E-state index contributed by atoms with van der Waals surface area (Å²) in [7, 11) is -0.332. The van der Waals surface area contributed by atoms with Crippen molar-refractivity contribution in [2.45, 2.75) is 31.3 Å². The van der Waals surface area contributed by atoms with Gasteiger partial charge in [-0.15, -0.1) is 0 Å². The van der Waals surface area contributed by atoms with E-state index in [0.29, 0.717) is 11.5 Å². The molecule has 0 aliphatic rings. The molecule has 0 saturated carbocycles. The second-order valence-electron chi connectivity index (χ2n) is 4.72. The van der Waals surface area contributed by atoms with Gasteiger partial charge in [-0.3, -0.25) is 4.40 Å². The summed E-state index contributed by atoms with van der Waals surface area (Å²) < 4.78 is 28.6. The van der Waals surface area contributed by atoms with Crippen molar-refractivity contribution in [3.63, 3.8) is 0 Å². The van der Waals surface area contributed by atoms with Crippen molar-refractivity contribution in [3.05, 3.63) is 24.4 Å². The van der Waals surface area contributed by atoms with E-state index >= 15 is 0 Å². The molecular formula is C13H20N4O2S. The summed E-state index contributed by atoms with van der Waals surface area (Å²) in [6.45, 7) is 3.85. The van der Waals surface area contributed by atoms with Crippen LogP contribution in [0.3, 0.4) is 0 Å². The summed E-state index contributed by atoms with van der Waals surface area (Å²) in [5.41, 5.74) is 0.605. The van der Waals surface area contributed by atoms with Crippen molar-refractivity contribution >= 4 is 21.5 Å². The monoisotopic (exact) mass is 296 g/mol. The Hall–Kier alpha value is -1.60. The molecule has 0 aromatic carbocycles. The Morgan fingerprint density at radius 1 is 1.45 bits per heavy atom. The van der Waals surface area contributed by atoms with E-state index in [2.05, 4.69) is 10.3 Å². The van der Waals surface area contributed by atoms with E-state index in [1.54, 1.807) is 36.8 Å². The summed E-state index contributed by atoms with van der Waals surface area (Å²) >= 11 is 0. The number of hydrogen-bond acceptors (Lipinski definition) is 4. The first kappa shape index (κ1) is 14.8. The van der Waals surface area contributed by atoms with Crippen molar-refractivity contribution in [2.75, 3.05) is 19.4 Å². The second-order valence-corrected chi connectivity index (χ2v) is 6.64. The van der Waals surface area contributed by atoms with Crippen molar-refractivity contribution in [1.29, 1.82) is 0 Å². The van der Waals surface area contributed by atoms with E-state index in [1.165, 1.54) is 4.31 Å². The minimum Gasteiger partial charge on any atom is -0.371 e. The van der Waals surface area contributed by atoms with Gasteiger partial charge in [-0.2, -0.15) is 4.31 Å². The van der Waals surface area contributed by atoms with E-state index < -0.39 is 10.0 Å². The zero-order chi connectivity index (χ0) is 14.9. The zero-order valence-electron chi connectivity index (χ0n) is 12.2. The standard InChI is InChI=1S/C13H20N4O2S/c1-5-10(2)16(4)20(18,19)13-12(14-3)15-11-8-6-7-9-17(11)13/h6-10,14H,5H2,1-4H3. The van der Waals surface area contributed by atoms with Gasteiger partial charge in [0, 0.05) is 26.3 Å². The van der Waals surface area contributed by atoms with Crippen molar-refractivity contribution in [1.82, 2.24) is 13.7 Å². The number of pyridine rings is 1. The minimum absolute atomic E-state index is 0.0704. The molecule has 2 heterocycles. The normalized spacial score (nSPS) is 13.8. The molecule has 20 heavy (non-hydrogen) atoms. The maximum Gasteiger partial charge on any atom is 0.262 e. The summed E-state index contributed by atoms with van der Waals surface area (Å²) in [6.07, 6.45) is 2.46. The number of rotatable bonds is 5. The van der Waals surface area contributed by atoms with Crippen LogP contribution in [0.2, 0.25) is 0 Å². The van der Waals surface area contributed by atoms with Gasteiger partial charge in [0.25, 0.3) is 10.0 Å². The molecule has 2 rings (SSSR count). The molecule has 1 N–H and O–H groups in total. The van der Waals surface area contributed by atoms with Gasteiger partial charge in [-0.25, -0.2) is 13.4 Å². The zero-order valence-corrected chi connectivity index (χ0v) is 13.0. The number of anilines is 1. The Morgan fingerprint density at radius 2 is 2.15 bits per heavy atom. The number of hydrogen-bond donors (Lipinski definition) is 1. The lowest BCUT2D eigenvalue weighted by Crippen LogP contribution is -2.35. The van der Waals surface area contributed by atoms with Crippen molar-refractivity contribution in [2.24, 2.45) is 0 Å². The lowest BCUT2D eigenvalue weighted by Gasteiger charge is -2.23. The molecule has 0 saturated heterocycles. The highest BCUT2D eigenvalue weighted by molar-refractivity contribution is 7.89. The third-order valence-corrected chi connectivity index (χ3v) is 5.55. The Balaban J connectivity index is 2.67. The van der Waals surface area contributed by atoms with Crippen LogP contribution in [0.25, 0.3) is 5.65 Å². The molecule has 1 atom stereocenters. The second kappa shape index (κ2) is 5.41. The topological polar surface area (TPSA) is 66.7 Å². The number of aromatic nitrogens is 2. The Kier molecular flexibility index (Phi) is 4.01. The summed E-state index contributed by atoms with van der Waals surface area (Å²) in [5, 5.41) is 3.04. The number of imidazole rings is 1. The first-order valence-electron chi connectivity index (χ1n) is 6.56. The maximum atomic E-state index is 12.8. The molecule has 110 valence electrons. The van der Waals surface area contributed by atoms with Crippen LogP contribution in [0.1, 0.15) is 20.3 Å². The van der Waals surface area contributed by atoms with Gasteiger partial charge in [0.1, 0.15) is 5.65 Å². The van der Waals surface area contributed by atoms with Gasteiger partial charge in [-0.05, 0) is 25.5 Å². The molecule has 0 bridgehead atoms. The van der Waals surface area contributed by atoms with E-state index in [1.807, 2.05) is 19.9 Å². The molecule has 0 fully saturated rings. The number of nitrogens with zero attached hydrogens (tertiary/aromatic N) is 3.